The summed E-state index contributed by atoms with van der Waals surface area (Å²) in [7, 11) is -3.44. The Morgan fingerprint density at radius 3 is 2.27 bits per heavy atom. The summed E-state index contributed by atoms with van der Waals surface area (Å²) >= 11 is 0. The second-order valence-electron chi connectivity index (χ2n) is 5.83. The van der Waals surface area contributed by atoms with E-state index < -0.39 is 10.0 Å². The van der Waals surface area contributed by atoms with E-state index in [1.54, 1.807) is 36.5 Å². The molecule has 3 aromatic rings. The highest BCUT2D eigenvalue weighted by Crippen LogP contribution is 2.18. The SMILES string of the molecule is O=S(=O)(NCCNCc1ccc(-c2cccnc2)cc1)c1ccccc1. The number of nitrogens with one attached hydrogen (secondary N) is 2. The van der Waals surface area contributed by atoms with Gasteiger partial charge in [-0.2, -0.15) is 0 Å². The summed E-state index contributed by atoms with van der Waals surface area (Å²) in [6.45, 7) is 1.57. The zero-order valence-corrected chi connectivity index (χ0v) is 15.1. The van der Waals surface area contributed by atoms with Gasteiger partial charge < -0.3 is 5.32 Å². The lowest BCUT2D eigenvalue weighted by atomic mass is 10.1. The van der Waals surface area contributed by atoms with Crippen LogP contribution in [0, 0.1) is 0 Å². The molecule has 2 aromatic carbocycles. The van der Waals surface area contributed by atoms with Crippen LogP contribution in [0.15, 0.2) is 84.0 Å². The molecule has 3 rings (SSSR count). The molecule has 0 atom stereocenters. The molecule has 2 N–H and O–H groups in total. The molecule has 0 fully saturated rings. The molecular weight excluding hydrogens is 346 g/mol. The largest absolute Gasteiger partial charge is 0.311 e. The molecule has 26 heavy (non-hydrogen) atoms. The van der Waals surface area contributed by atoms with Crippen molar-refractivity contribution in [3.63, 3.8) is 0 Å². The third-order valence-electron chi connectivity index (χ3n) is 3.93. The minimum atomic E-state index is -3.44. The number of benzene rings is 2. The maximum absolute atomic E-state index is 12.1. The van der Waals surface area contributed by atoms with Crippen LogP contribution in [-0.2, 0) is 16.6 Å². The van der Waals surface area contributed by atoms with Gasteiger partial charge in [-0.25, -0.2) is 13.1 Å². The Morgan fingerprint density at radius 1 is 0.808 bits per heavy atom. The molecular formula is C20H21N3O2S. The Balaban J connectivity index is 1.44. The van der Waals surface area contributed by atoms with E-state index in [-0.39, 0.29) is 4.90 Å². The Hall–Kier alpha value is -2.54. The lowest BCUT2D eigenvalue weighted by molar-refractivity contribution is 0.576. The summed E-state index contributed by atoms with van der Waals surface area (Å²) in [4.78, 5) is 4.41. The normalized spacial score (nSPS) is 11.4. The van der Waals surface area contributed by atoms with Crippen molar-refractivity contribution in [3.05, 3.63) is 84.7 Å². The second-order valence-corrected chi connectivity index (χ2v) is 7.59. The molecule has 0 radical (unpaired) electrons. The van der Waals surface area contributed by atoms with E-state index >= 15 is 0 Å². The van der Waals surface area contributed by atoms with Gasteiger partial charge in [-0.3, -0.25) is 4.98 Å². The van der Waals surface area contributed by atoms with E-state index in [1.165, 1.54) is 0 Å². The fraction of sp³-hybridized carbons (Fsp3) is 0.150. The van der Waals surface area contributed by atoms with Crippen LogP contribution >= 0.6 is 0 Å². The highest BCUT2D eigenvalue weighted by atomic mass is 32.2. The fourth-order valence-corrected chi connectivity index (χ4v) is 3.59. The summed E-state index contributed by atoms with van der Waals surface area (Å²) in [6, 6.07) is 20.6. The topological polar surface area (TPSA) is 71.1 Å². The van der Waals surface area contributed by atoms with Crippen molar-refractivity contribution >= 4 is 10.0 Å². The van der Waals surface area contributed by atoms with Crippen molar-refractivity contribution in [3.8, 4) is 11.1 Å². The van der Waals surface area contributed by atoms with Crippen LogP contribution in [-0.4, -0.2) is 26.5 Å². The minimum absolute atomic E-state index is 0.283. The molecule has 0 saturated heterocycles. The lowest BCUT2D eigenvalue weighted by Gasteiger charge is -2.08. The highest BCUT2D eigenvalue weighted by molar-refractivity contribution is 7.89. The van der Waals surface area contributed by atoms with Crippen LogP contribution in [0.4, 0.5) is 0 Å². The van der Waals surface area contributed by atoms with E-state index in [4.69, 9.17) is 0 Å². The lowest BCUT2D eigenvalue weighted by Crippen LogP contribution is -2.31. The van der Waals surface area contributed by atoms with E-state index in [1.807, 2.05) is 18.3 Å². The van der Waals surface area contributed by atoms with Crippen molar-refractivity contribution in [2.75, 3.05) is 13.1 Å². The number of pyridine rings is 1. The Bertz CT molecular complexity index is 912. The molecule has 0 aliphatic heterocycles. The Kier molecular flexibility index (Phi) is 6.12. The van der Waals surface area contributed by atoms with Gasteiger partial charge in [-0.1, -0.05) is 48.5 Å². The number of rotatable bonds is 8. The van der Waals surface area contributed by atoms with Crippen molar-refractivity contribution in [2.45, 2.75) is 11.4 Å². The standard InChI is InChI=1S/C20H21N3O2S/c24-26(25,20-6-2-1-3-7-20)23-14-13-22-15-17-8-10-18(11-9-17)19-5-4-12-21-16-19/h1-12,16,22-23H,13-15H2. The van der Waals surface area contributed by atoms with E-state index in [9.17, 15) is 8.42 Å². The fourth-order valence-electron chi connectivity index (χ4n) is 2.54. The first-order valence-corrected chi connectivity index (χ1v) is 9.88. The van der Waals surface area contributed by atoms with E-state index in [0.717, 1.165) is 16.7 Å². The molecule has 134 valence electrons. The number of sulfonamides is 1. The molecule has 0 unspecified atom stereocenters. The second kappa shape index (κ2) is 8.71. The van der Waals surface area contributed by atoms with Gasteiger partial charge in [0.1, 0.15) is 0 Å². The first kappa shape index (κ1) is 18.3. The van der Waals surface area contributed by atoms with E-state index in [2.05, 4.69) is 39.3 Å². The molecule has 0 spiro atoms. The van der Waals surface area contributed by atoms with Gasteiger partial charge in [0.05, 0.1) is 4.90 Å². The first-order chi connectivity index (χ1) is 12.6. The van der Waals surface area contributed by atoms with Crippen LogP contribution in [0.1, 0.15) is 5.56 Å². The van der Waals surface area contributed by atoms with Crippen molar-refractivity contribution in [1.29, 1.82) is 0 Å². The van der Waals surface area contributed by atoms with Crippen LogP contribution in [0.25, 0.3) is 11.1 Å². The summed E-state index contributed by atoms with van der Waals surface area (Å²) in [6.07, 6.45) is 3.60. The average Bonchev–Trinajstić information content (AvgIpc) is 2.69. The molecule has 0 aliphatic carbocycles. The van der Waals surface area contributed by atoms with Gasteiger partial charge in [0.2, 0.25) is 10.0 Å². The third-order valence-corrected chi connectivity index (χ3v) is 5.40. The molecule has 1 aromatic heterocycles. The van der Waals surface area contributed by atoms with E-state index in [0.29, 0.717) is 19.6 Å². The van der Waals surface area contributed by atoms with Gasteiger partial charge in [0, 0.05) is 32.0 Å². The molecule has 1 heterocycles. The summed E-state index contributed by atoms with van der Waals surface area (Å²) in [5.41, 5.74) is 3.35. The summed E-state index contributed by atoms with van der Waals surface area (Å²) in [5.74, 6) is 0. The van der Waals surface area contributed by atoms with Gasteiger partial charge >= 0.3 is 0 Å². The van der Waals surface area contributed by atoms with Crippen LogP contribution in [0.2, 0.25) is 0 Å². The number of nitrogens with zero attached hydrogens (tertiary/aromatic N) is 1. The van der Waals surface area contributed by atoms with Gasteiger partial charge in [0.25, 0.3) is 0 Å². The number of aromatic nitrogens is 1. The molecule has 0 bridgehead atoms. The summed E-state index contributed by atoms with van der Waals surface area (Å²) < 4.78 is 26.8. The first-order valence-electron chi connectivity index (χ1n) is 8.40. The molecule has 5 nitrogen and oxygen atoms in total. The van der Waals surface area contributed by atoms with Crippen molar-refractivity contribution in [2.24, 2.45) is 0 Å². The van der Waals surface area contributed by atoms with Gasteiger partial charge in [-0.05, 0) is 34.9 Å². The quantitative estimate of drug-likeness (QED) is 0.601. The minimum Gasteiger partial charge on any atom is -0.311 e. The maximum atomic E-state index is 12.1. The predicted molar refractivity (Wildman–Crippen MR) is 103 cm³/mol. The van der Waals surface area contributed by atoms with Gasteiger partial charge in [-0.15, -0.1) is 0 Å². The highest BCUT2D eigenvalue weighted by Gasteiger charge is 2.11. The average molecular weight is 367 g/mol. The Labute approximate surface area is 154 Å². The van der Waals surface area contributed by atoms with Gasteiger partial charge in [0.15, 0.2) is 0 Å². The van der Waals surface area contributed by atoms with Crippen LogP contribution in [0.5, 0.6) is 0 Å². The summed E-state index contributed by atoms with van der Waals surface area (Å²) in [5, 5.41) is 3.25. The molecule has 0 saturated carbocycles. The van der Waals surface area contributed by atoms with Crippen molar-refractivity contribution < 1.29 is 8.42 Å². The van der Waals surface area contributed by atoms with Crippen LogP contribution in [0.3, 0.4) is 0 Å². The predicted octanol–water partition coefficient (Wildman–Crippen LogP) is 2.82. The maximum Gasteiger partial charge on any atom is 0.240 e. The molecule has 6 heteroatoms. The molecule has 0 amide bonds. The smallest absolute Gasteiger partial charge is 0.240 e. The zero-order chi connectivity index (χ0) is 18.2. The number of hydrogen-bond donors (Lipinski definition) is 2. The molecule has 0 aliphatic rings. The van der Waals surface area contributed by atoms with Crippen molar-refractivity contribution in [1.82, 2.24) is 15.0 Å². The number of hydrogen-bond acceptors (Lipinski definition) is 4. The Morgan fingerprint density at radius 2 is 1.58 bits per heavy atom. The monoisotopic (exact) mass is 367 g/mol. The third kappa shape index (κ3) is 4.98. The zero-order valence-electron chi connectivity index (χ0n) is 14.3. The van der Waals surface area contributed by atoms with Crippen LogP contribution < -0.4 is 10.0 Å².